The summed E-state index contributed by atoms with van der Waals surface area (Å²) in [4.78, 5) is 6.18. The molecule has 0 amide bonds. The Morgan fingerprint density at radius 1 is 1.00 bits per heavy atom. The molecule has 114 valence electrons. The maximum atomic E-state index is 5.91. The van der Waals surface area contributed by atoms with Gasteiger partial charge in [-0.15, -0.1) is 0 Å². The molecule has 22 heavy (non-hydrogen) atoms. The number of hydrogen-bond acceptors (Lipinski definition) is 3. The highest BCUT2D eigenvalue weighted by Gasteiger charge is 1.99. The van der Waals surface area contributed by atoms with Gasteiger partial charge >= 0.3 is 0 Å². The van der Waals surface area contributed by atoms with Crippen molar-refractivity contribution in [3.63, 3.8) is 0 Å². The van der Waals surface area contributed by atoms with Gasteiger partial charge in [-0.05, 0) is 29.7 Å². The molecule has 2 rings (SSSR count). The normalized spacial score (nSPS) is 12.3. The number of hydrogen-bond donors (Lipinski definition) is 2. The van der Waals surface area contributed by atoms with Gasteiger partial charge in [-0.2, -0.15) is 0 Å². The zero-order chi connectivity index (χ0) is 15.9. The van der Waals surface area contributed by atoms with Gasteiger partial charge in [-0.25, -0.2) is 4.99 Å². The van der Waals surface area contributed by atoms with Crippen molar-refractivity contribution in [1.82, 2.24) is 4.90 Å². The number of nitrogens with zero attached hydrogens (tertiary/aromatic N) is 2. The standard InChI is InChI=1S/C18H22N4/c1-22(2)18(20)13-17(19)21-16-10-6-9-15(12-16)11-14-7-4-3-5-8-14/h3-10,12-13H,11,20H2,1-2H3,(H2,19,21). The molecule has 2 aromatic rings. The molecule has 0 bridgehead atoms. The minimum Gasteiger partial charge on any atom is -0.385 e. The first kappa shape index (κ1) is 15.6. The summed E-state index contributed by atoms with van der Waals surface area (Å²) in [5, 5.41) is 0. The summed E-state index contributed by atoms with van der Waals surface area (Å²) in [6.07, 6.45) is 2.53. The Bertz CT molecular complexity index is 672. The van der Waals surface area contributed by atoms with Crippen LogP contribution in [0.2, 0.25) is 0 Å². The van der Waals surface area contributed by atoms with E-state index < -0.39 is 0 Å². The monoisotopic (exact) mass is 294 g/mol. The first-order chi connectivity index (χ1) is 10.5. The lowest BCUT2D eigenvalue weighted by Crippen LogP contribution is -2.21. The van der Waals surface area contributed by atoms with Crippen molar-refractivity contribution in [2.45, 2.75) is 6.42 Å². The molecule has 4 nitrogen and oxygen atoms in total. The Morgan fingerprint density at radius 3 is 2.36 bits per heavy atom. The van der Waals surface area contributed by atoms with Gasteiger partial charge in [-0.1, -0.05) is 42.5 Å². The average Bonchev–Trinajstić information content (AvgIpc) is 2.48. The molecular formula is C18H22N4. The summed E-state index contributed by atoms with van der Waals surface area (Å²) in [5.41, 5.74) is 15.0. The first-order valence-corrected chi connectivity index (χ1v) is 7.16. The van der Waals surface area contributed by atoms with Crippen molar-refractivity contribution in [3.05, 3.63) is 77.6 Å². The van der Waals surface area contributed by atoms with E-state index >= 15 is 0 Å². The van der Waals surface area contributed by atoms with Crippen molar-refractivity contribution in [2.24, 2.45) is 16.5 Å². The molecule has 0 aliphatic heterocycles. The van der Waals surface area contributed by atoms with Gasteiger partial charge in [0.25, 0.3) is 0 Å². The van der Waals surface area contributed by atoms with Crippen molar-refractivity contribution in [3.8, 4) is 0 Å². The molecule has 0 fully saturated rings. The Hall–Kier alpha value is -2.75. The molecule has 0 aliphatic carbocycles. The lowest BCUT2D eigenvalue weighted by Gasteiger charge is -2.11. The van der Waals surface area contributed by atoms with Gasteiger partial charge in [0.1, 0.15) is 11.7 Å². The summed E-state index contributed by atoms with van der Waals surface area (Å²) >= 11 is 0. The quantitative estimate of drug-likeness (QED) is 0.658. The fourth-order valence-corrected chi connectivity index (χ4v) is 2.03. The van der Waals surface area contributed by atoms with Crippen LogP contribution in [0.15, 0.2) is 71.5 Å². The third-order valence-corrected chi connectivity index (χ3v) is 3.23. The number of benzene rings is 2. The number of amidine groups is 1. The van der Waals surface area contributed by atoms with E-state index in [0.29, 0.717) is 11.7 Å². The molecule has 0 atom stereocenters. The Labute approximate surface area is 131 Å². The van der Waals surface area contributed by atoms with Crippen LogP contribution in [-0.4, -0.2) is 24.8 Å². The van der Waals surface area contributed by atoms with Gasteiger partial charge in [-0.3, -0.25) is 0 Å². The zero-order valence-corrected chi connectivity index (χ0v) is 13.0. The molecule has 4 N–H and O–H groups in total. The number of rotatable bonds is 5. The minimum absolute atomic E-state index is 0.392. The van der Waals surface area contributed by atoms with Crippen LogP contribution in [0.3, 0.4) is 0 Å². The molecule has 4 heteroatoms. The topological polar surface area (TPSA) is 67.6 Å². The van der Waals surface area contributed by atoms with Crippen LogP contribution >= 0.6 is 0 Å². The summed E-state index contributed by atoms with van der Waals surface area (Å²) in [7, 11) is 3.72. The highest BCUT2D eigenvalue weighted by Crippen LogP contribution is 2.17. The van der Waals surface area contributed by atoms with Crippen molar-refractivity contribution < 1.29 is 0 Å². The molecule has 0 unspecified atom stereocenters. The van der Waals surface area contributed by atoms with E-state index in [0.717, 1.165) is 12.1 Å². The van der Waals surface area contributed by atoms with E-state index in [1.54, 1.807) is 11.0 Å². The lowest BCUT2D eigenvalue weighted by molar-refractivity contribution is 0.506. The fourth-order valence-electron chi connectivity index (χ4n) is 2.03. The van der Waals surface area contributed by atoms with Crippen LogP contribution in [0.25, 0.3) is 0 Å². The van der Waals surface area contributed by atoms with Crippen molar-refractivity contribution in [2.75, 3.05) is 14.1 Å². The van der Waals surface area contributed by atoms with E-state index in [4.69, 9.17) is 11.5 Å². The molecule has 2 aromatic carbocycles. The maximum absolute atomic E-state index is 5.91. The molecule has 0 radical (unpaired) electrons. The molecule has 0 saturated heterocycles. The minimum atomic E-state index is 0.392. The van der Waals surface area contributed by atoms with Crippen LogP contribution < -0.4 is 11.5 Å². The lowest BCUT2D eigenvalue weighted by atomic mass is 10.0. The van der Waals surface area contributed by atoms with Gasteiger partial charge in [0.15, 0.2) is 0 Å². The number of aliphatic imine (C=N–C) groups is 1. The van der Waals surface area contributed by atoms with Gasteiger partial charge in [0, 0.05) is 20.2 Å². The molecular weight excluding hydrogens is 272 g/mol. The Kier molecular flexibility index (Phi) is 5.20. The summed E-state index contributed by atoms with van der Waals surface area (Å²) in [5.74, 6) is 0.963. The SMILES string of the molecule is CN(C)C(N)=CC(N)=Nc1cccc(Cc2ccccc2)c1. The third kappa shape index (κ3) is 4.66. The third-order valence-electron chi connectivity index (χ3n) is 3.23. The largest absolute Gasteiger partial charge is 0.385 e. The second-order valence-electron chi connectivity index (χ2n) is 5.33. The van der Waals surface area contributed by atoms with E-state index in [2.05, 4.69) is 23.2 Å². The van der Waals surface area contributed by atoms with E-state index in [-0.39, 0.29) is 0 Å². The molecule has 0 aromatic heterocycles. The van der Waals surface area contributed by atoms with Gasteiger partial charge in [0.05, 0.1) is 5.69 Å². The van der Waals surface area contributed by atoms with Crippen LogP contribution in [0, 0.1) is 0 Å². The van der Waals surface area contributed by atoms with Crippen molar-refractivity contribution in [1.29, 1.82) is 0 Å². The summed E-state index contributed by atoms with van der Waals surface area (Å²) in [6.45, 7) is 0. The number of nitrogens with two attached hydrogens (primary N) is 2. The highest BCUT2D eigenvalue weighted by molar-refractivity contribution is 5.93. The first-order valence-electron chi connectivity index (χ1n) is 7.16. The highest BCUT2D eigenvalue weighted by atomic mass is 15.1. The Morgan fingerprint density at radius 2 is 1.68 bits per heavy atom. The second kappa shape index (κ2) is 7.31. The van der Waals surface area contributed by atoms with Crippen LogP contribution in [0.5, 0.6) is 0 Å². The van der Waals surface area contributed by atoms with Gasteiger partial charge < -0.3 is 16.4 Å². The summed E-state index contributed by atoms with van der Waals surface area (Å²) in [6, 6.07) is 18.4. The zero-order valence-electron chi connectivity index (χ0n) is 13.0. The van der Waals surface area contributed by atoms with E-state index in [1.165, 1.54) is 11.1 Å². The van der Waals surface area contributed by atoms with Crippen LogP contribution in [-0.2, 0) is 6.42 Å². The average molecular weight is 294 g/mol. The smallest absolute Gasteiger partial charge is 0.127 e. The molecule has 0 saturated carbocycles. The predicted molar refractivity (Wildman–Crippen MR) is 92.9 cm³/mol. The maximum Gasteiger partial charge on any atom is 0.127 e. The fraction of sp³-hybridized carbons (Fsp3) is 0.167. The molecule has 0 spiro atoms. The predicted octanol–water partition coefficient (Wildman–Crippen LogP) is 2.63. The Balaban J connectivity index is 2.16. The van der Waals surface area contributed by atoms with Gasteiger partial charge in [0.2, 0.25) is 0 Å². The van der Waals surface area contributed by atoms with Crippen LogP contribution in [0.4, 0.5) is 5.69 Å². The van der Waals surface area contributed by atoms with E-state index in [1.807, 2.05) is 50.5 Å². The van der Waals surface area contributed by atoms with E-state index in [9.17, 15) is 0 Å². The summed E-state index contributed by atoms with van der Waals surface area (Å²) < 4.78 is 0. The molecule has 0 heterocycles. The molecule has 0 aliphatic rings. The van der Waals surface area contributed by atoms with Crippen LogP contribution in [0.1, 0.15) is 11.1 Å². The second-order valence-corrected chi connectivity index (χ2v) is 5.33. The van der Waals surface area contributed by atoms with Crippen molar-refractivity contribution >= 4 is 11.5 Å².